The number of nitrogens with one attached hydrogen (secondary N) is 3. The fourth-order valence-electron chi connectivity index (χ4n) is 1.38. The van der Waals surface area contributed by atoms with E-state index in [2.05, 4.69) is 41.6 Å². The molecular formula is C10H11BrN6O. The Morgan fingerprint density at radius 3 is 3.00 bits per heavy atom. The number of nitrogen functional groups attached to an aromatic ring is 1. The van der Waals surface area contributed by atoms with Gasteiger partial charge in [-0.25, -0.2) is 15.8 Å². The van der Waals surface area contributed by atoms with Crippen molar-refractivity contribution < 1.29 is 4.79 Å². The second kappa shape index (κ2) is 5.61. The predicted molar refractivity (Wildman–Crippen MR) is 69.5 cm³/mol. The molecule has 2 aromatic rings. The van der Waals surface area contributed by atoms with Gasteiger partial charge in [0.2, 0.25) is 0 Å². The zero-order valence-electron chi connectivity index (χ0n) is 9.27. The monoisotopic (exact) mass is 310 g/mol. The van der Waals surface area contributed by atoms with Gasteiger partial charge >= 0.3 is 0 Å². The van der Waals surface area contributed by atoms with E-state index < -0.39 is 0 Å². The van der Waals surface area contributed by atoms with Crippen molar-refractivity contribution in [1.29, 1.82) is 0 Å². The molecule has 0 aliphatic carbocycles. The summed E-state index contributed by atoms with van der Waals surface area (Å²) in [5, 5.41) is 2.74. The number of carbonyl (C=O) groups excluding carboxylic acids is 1. The van der Waals surface area contributed by atoms with Crippen LogP contribution in [0.4, 0.5) is 5.82 Å². The summed E-state index contributed by atoms with van der Waals surface area (Å²) in [7, 11) is 0. The molecule has 0 radical (unpaired) electrons. The van der Waals surface area contributed by atoms with Gasteiger partial charge < -0.3 is 15.7 Å². The smallest absolute Gasteiger partial charge is 0.255 e. The number of halogens is 1. The van der Waals surface area contributed by atoms with Gasteiger partial charge in [-0.15, -0.1) is 0 Å². The highest BCUT2D eigenvalue weighted by molar-refractivity contribution is 9.10. The average molecular weight is 311 g/mol. The van der Waals surface area contributed by atoms with Crippen molar-refractivity contribution in [2.24, 2.45) is 5.84 Å². The number of nitrogens with two attached hydrogens (primary N) is 1. The number of hydrogen-bond acceptors (Lipinski definition) is 5. The first-order valence-corrected chi connectivity index (χ1v) is 5.87. The number of nitrogens with zero attached hydrogens (tertiary/aromatic N) is 2. The Labute approximate surface area is 111 Å². The van der Waals surface area contributed by atoms with Crippen LogP contribution in [0.15, 0.2) is 29.3 Å². The normalized spacial score (nSPS) is 10.1. The molecule has 0 aliphatic heterocycles. The first-order chi connectivity index (χ1) is 8.70. The highest BCUT2D eigenvalue weighted by Gasteiger charge is 2.12. The van der Waals surface area contributed by atoms with Crippen molar-refractivity contribution in [3.8, 4) is 0 Å². The molecule has 0 spiro atoms. The molecule has 1 amide bonds. The largest absolute Gasteiger partial charge is 0.347 e. The molecular weight excluding hydrogens is 300 g/mol. The van der Waals surface area contributed by atoms with Gasteiger partial charge in [0, 0.05) is 16.9 Å². The molecule has 2 heterocycles. The number of hydrogen-bond donors (Lipinski definition) is 4. The lowest BCUT2D eigenvalue weighted by molar-refractivity contribution is 0.0951. The molecule has 5 N–H and O–H groups in total. The van der Waals surface area contributed by atoms with Crippen molar-refractivity contribution in [1.82, 2.24) is 20.3 Å². The number of carbonyl (C=O) groups is 1. The molecule has 0 saturated carbocycles. The van der Waals surface area contributed by atoms with Crippen LogP contribution in [0.2, 0.25) is 0 Å². The van der Waals surface area contributed by atoms with Gasteiger partial charge in [-0.1, -0.05) is 0 Å². The highest BCUT2D eigenvalue weighted by Crippen LogP contribution is 2.17. The van der Waals surface area contributed by atoms with Gasteiger partial charge in [0.05, 0.1) is 24.1 Å². The lowest BCUT2D eigenvalue weighted by Crippen LogP contribution is -2.25. The molecule has 94 valence electrons. The molecule has 0 aromatic carbocycles. The molecule has 0 atom stereocenters. The standard InChI is InChI=1S/C10H11BrN6O/c11-6-1-8(9(17-12)14-2-6)10(18)15-4-7-3-13-5-16-7/h1-3,5H,4,12H2,(H,13,16)(H,14,17)(H,15,18). The minimum atomic E-state index is -0.272. The second-order valence-electron chi connectivity index (χ2n) is 3.45. The molecule has 0 aliphatic rings. The van der Waals surface area contributed by atoms with E-state index in [9.17, 15) is 4.79 Å². The Morgan fingerprint density at radius 1 is 1.50 bits per heavy atom. The Kier molecular flexibility index (Phi) is 3.90. The van der Waals surface area contributed by atoms with Crippen LogP contribution in [0.25, 0.3) is 0 Å². The Bertz CT molecular complexity index is 541. The molecule has 2 rings (SSSR count). The molecule has 2 aromatic heterocycles. The van der Waals surface area contributed by atoms with Crippen LogP contribution in [0, 0.1) is 0 Å². The van der Waals surface area contributed by atoms with Crippen LogP contribution in [-0.2, 0) is 6.54 Å². The second-order valence-corrected chi connectivity index (χ2v) is 4.37. The van der Waals surface area contributed by atoms with Gasteiger partial charge in [-0.05, 0) is 22.0 Å². The van der Waals surface area contributed by atoms with Gasteiger partial charge in [0.1, 0.15) is 0 Å². The molecule has 0 saturated heterocycles. The maximum Gasteiger partial charge on any atom is 0.255 e. The van der Waals surface area contributed by atoms with Gasteiger partial charge in [0.25, 0.3) is 5.91 Å². The Balaban J connectivity index is 2.10. The fourth-order valence-corrected chi connectivity index (χ4v) is 1.71. The van der Waals surface area contributed by atoms with Gasteiger partial charge in [-0.2, -0.15) is 0 Å². The summed E-state index contributed by atoms with van der Waals surface area (Å²) in [5.74, 6) is 5.35. The van der Waals surface area contributed by atoms with E-state index in [-0.39, 0.29) is 5.91 Å². The van der Waals surface area contributed by atoms with Crippen molar-refractivity contribution in [2.45, 2.75) is 6.54 Å². The summed E-state index contributed by atoms with van der Waals surface area (Å²) in [5.41, 5.74) is 3.56. The summed E-state index contributed by atoms with van der Waals surface area (Å²) >= 11 is 3.26. The number of pyridine rings is 1. The summed E-state index contributed by atoms with van der Waals surface area (Å²) in [6, 6.07) is 1.64. The van der Waals surface area contributed by atoms with E-state index in [1.165, 1.54) is 0 Å². The summed E-state index contributed by atoms with van der Waals surface area (Å²) < 4.78 is 0.702. The predicted octanol–water partition coefficient (Wildman–Crippen LogP) is 0.783. The molecule has 7 nitrogen and oxygen atoms in total. The SMILES string of the molecule is NNc1ncc(Br)cc1C(=O)NCc1cnc[nH]1. The number of amides is 1. The van der Waals surface area contributed by atoms with Crippen LogP contribution >= 0.6 is 15.9 Å². The van der Waals surface area contributed by atoms with E-state index in [4.69, 9.17) is 5.84 Å². The van der Waals surface area contributed by atoms with E-state index in [0.717, 1.165) is 5.69 Å². The van der Waals surface area contributed by atoms with Crippen molar-refractivity contribution in [2.75, 3.05) is 5.43 Å². The third kappa shape index (κ3) is 2.84. The van der Waals surface area contributed by atoms with Crippen LogP contribution in [0.1, 0.15) is 16.1 Å². The minimum Gasteiger partial charge on any atom is -0.347 e. The summed E-state index contributed by atoms with van der Waals surface area (Å²) in [6.45, 7) is 0.357. The lowest BCUT2D eigenvalue weighted by atomic mass is 10.2. The van der Waals surface area contributed by atoms with Gasteiger partial charge in [-0.3, -0.25) is 4.79 Å². The van der Waals surface area contributed by atoms with Crippen LogP contribution in [-0.4, -0.2) is 20.9 Å². The van der Waals surface area contributed by atoms with Crippen molar-refractivity contribution in [3.05, 3.63) is 40.5 Å². The number of hydrazine groups is 1. The minimum absolute atomic E-state index is 0.272. The number of aromatic amines is 1. The first-order valence-electron chi connectivity index (χ1n) is 5.08. The topological polar surface area (TPSA) is 109 Å². The molecule has 0 unspecified atom stereocenters. The average Bonchev–Trinajstić information content (AvgIpc) is 2.89. The zero-order chi connectivity index (χ0) is 13.0. The van der Waals surface area contributed by atoms with E-state index in [0.29, 0.717) is 22.4 Å². The van der Waals surface area contributed by atoms with Crippen LogP contribution < -0.4 is 16.6 Å². The summed E-state index contributed by atoms with van der Waals surface area (Å²) in [4.78, 5) is 22.7. The number of anilines is 1. The summed E-state index contributed by atoms with van der Waals surface area (Å²) in [6.07, 6.45) is 4.75. The number of imidazole rings is 1. The molecule has 18 heavy (non-hydrogen) atoms. The highest BCUT2D eigenvalue weighted by atomic mass is 79.9. The number of H-pyrrole nitrogens is 1. The Hall–Kier alpha value is -1.93. The zero-order valence-corrected chi connectivity index (χ0v) is 10.9. The fraction of sp³-hybridized carbons (Fsp3) is 0.100. The maximum absolute atomic E-state index is 12.0. The maximum atomic E-state index is 12.0. The van der Waals surface area contributed by atoms with Crippen LogP contribution in [0.3, 0.4) is 0 Å². The van der Waals surface area contributed by atoms with Crippen molar-refractivity contribution in [3.63, 3.8) is 0 Å². The van der Waals surface area contributed by atoms with Crippen LogP contribution in [0.5, 0.6) is 0 Å². The Morgan fingerprint density at radius 2 is 2.33 bits per heavy atom. The van der Waals surface area contributed by atoms with E-state index in [1.54, 1.807) is 24.8 Å². The van der Waals surface area contributed by atoms with Crippen molar-refractivity contribution >= 4 is 27.7 Å². The third-order valence-corrected chi connectivity index (χ3v) is 2.66. The van der Waals surface area contributed by atoms with Gasteiger partial charge in [0.15, 0.2) is 5.82 Å². The van der Waals surface area contributed by atoms with E-state index in [1.807, 2.05) is 0 Å². The molecule has 0 bridgehead atoms. The van der Waals surface area contributed by atoms with E-state index >= 15 is 0 Å². The quantitative estimate of drug-likeness (QED) is 0.493. The number of aromatic nitrogens is 3. The molecule has 0 fully saturated rings. The molecule has 8 heteroatoms. The lowest BCUT2D eigenvalue weighted by Gasteiger charge is -2.08. The number of rotatable bonds is 4. The first kappa shape index (κ1) is 12.5. The third-order valence-electron chi connectivity index (χ3n) is 2.23.